The number of pyridine rings is 1. The largest absolute Gasteiger partial charge is 0.395 e. The van der Waals surface area contributed by atoms with Gasteiger partial charge in [0.1, 0.15) is 5.56 Å². The van der Waals surface area contributed by atoms with E-state index in [0.29, 0.717) is 11.9 Å². The van der Waals surface area contributed by atoms with Crippen molar-refractivity contribution < 1.29 is 9.90 Å². The number of nitrogens with zero attached hydrogens (tertiary/aromatic N) is 2. The summed E-state index contributed by atoms with van der Waals surface area (Å²) in [5.41, 5.74) is 0.638. The maximum atomic E-state index is 13.0. The summed E-state index contributed by atoms with van der Waals surface area (Å²) in [5.74, 6) is -0.355. The molecule has 3 aromatic rings. The van der Waals surface area contributed by atoms with Crippen molar-refractivity contribution in [3.63, 3.8) is 0 Å². The molecule has 1 amide bonds. The van der Waals surface area contributed by atoms with Crippen LogP contribution in [0.2, 0.25) is 0 Å². The molecule has 0 aliphatic heterocycles. The SMILES string of the molecule is Cc1ccc(CN(CCO)C(=O)c2cn(C)c3ccccc3c2=O)s1. The molecule has 0 bridgehead atoms. The quantitative estimate of drug-likeness (QED) is 0.764. The maximum absolute atomic E-state index is 13.0. The number of benzene rings is 1. The van der Waals surface area contributed by atoms with Crippen molar-refractivity contribution in [2.75, 3.05) is 13.2 Å². The normalized spacial score (nSPS) is 11.0. The molecular formula is C19H20N2O3S. The number of hydrogen-bond donors (Lipinski definition) is 1. The van der Waals surface area contributed by atoms with Gasteiger partial charge in [0, 0.05) is 34.9 Å². The summed E-state index contributed by atoms with van der Waals surface area (Å²) in [4.78, 5) is 29.4. The fraction of sp³-hybridized carbons (Fsp3) is 0.263. The number of rotatable bonds is 5. The number of carbonyl (C=O) groups excluding carboxylic acids is 1. The number of aliphatic hydroxyl groups excluding tert-OH is 1. The minimum atomic E-state index is -0.355. The number of amides is 1. The number of carbonyl (C=O) groups is 1. The molecule has 1 N–H and O–H groups in total. The zero-order valence-electron chi connectivity index (χ0n) is 14.2. The molecule has 2 aromatic heterocycles. The molecule has 0 saturated heterocycles. The van der Waals surface area contributed by atoms with Crippen LogP contribution < -0.4 is 5.43 Å². The fourth-order valence-electron chi connectivity index (χ4n) is 2.89. The second-order valence-electron chi connectivity index (χ2n) is 5.96. The molecule has 2 heterocycles. The van der Waals surface area contributed by atoms with Gasteiger partial charge in [-0.25, -0.2) is 0 Å². The molecule has 3 rings (SSSR count). The van der Waals surface area contributed by atoms with Crippen LogP contribution in [0.4, 0.5) is 0 Å². The molecule has 25 heavy (non-hydrogen) atoms. The molecule has 0 saturated carbocycles. The summed E-state index contributed by atoms with van der Waals surface area (Å²) in [7, 11) is 1.82. The molecule has 0 radical (unpaired) electrons. The Morgan fingerprint density at radius 2 is 2.00 bits per heavy atom. The predicted molar refractivity (Wildman–Crippen MR) is 100 cm³/mol. The lowest BCUT2D eigenvalue weighted by Crippen LogP contribution is -2.36. The molecular weight excluding hydrogens is 336 g/mol. The number of aromatic nitrogens is 1. The van der Waals surface area contributed by atoms with E-state index in [1.54, 1.807) is 34.2 Å². The summed E-state index contributed by atoms with van der Waals surface area (Å²) in [6, 6.07) is 11.2. The van der Waals surface area contributed by atoms with Gasteiger partial charge < -0.3 is 14.6 Å². The van der Waals surface area contributed by atoms with E-state index >= 15 is 0 Å². The second kappa shape index (κ2) is 7.21. The lowest BCUT2D eigenvalue weighted by atomic mass is 10.1. The molecule has 0 atom stereocenters. The van der Waals surface area contributed by atoms with E-state index in [9.17, 15) is 14.7 Å². The monoisotopic (exact) mass is 356 g/mol. The fourth-order valence-corrected chi connectivity index (χ4v) is 3.80. The molecule has 6 heteroatoms. The van der Waals surface area contributed by atoms with Crippen molar-refractivity contribution in [1.82, 2.24) is 9.47 Å². The summed E-state index contributed by atoms with van der Waals surface area (Å²) < 4.78 is 1.79. The maximum Gasteiger partial charge on any atom is 0.259 e. The van der Waals surface area contributed by atoms with Gasteiger partial charge in [0.05, 0.1) is 18.7 Å². The molecule has 5 nitrogen and oxygen atoms in total. The molecule has 0 spiro atoms. The minimum absolute atomic E-state index is 0.128. The van der Waals surface area contributed by atoms with Gasteiger partial charge in [-0.3, -0.25) is 9.59 Å². The van der Waals surface area contributed by atoms with Gasteiger partial charge in [-0.05, 0) is 31.2 Å². The van der Waals surface area contributed by atoms with Crippen molar-refractivity contribution in [3.05, 3.63) is 68.1 Å². The van der Waals surface area contributed by atoms with Crippen LogP contribution in [-0.2, 0) is 13.6 Å². The number of fused-ring (bicyclic) bond motifs is 1. The van der Waals surface area contributed by atoms with Crippen LogP contribution >= 0.6 is 11.3 Å². The first-order chi connectivity index (χ1) is 12.0. The van der Waals surface area contributed by atoms with Gasteiger partial charge in [0.2, 0.25) is 5.43 Å². The Morgan fingerprint density at radius 3 is 2.68 bits per heavy atom. The van der Waals surface area contributed by atoms with Gasteiger partial charge in [-0.1, -0.05) is 12.1 Å². The van der Waals surface area contributed by atoms with Crippen LogP contribution in [0.3, 0.4) is 0 Å². The van der Waals surface area contributed by atoms with Gasteiger partial charge in [0.25, 0.3) is 5.91 Å². The number of aliphatic hydroxyl groups is 1. The highest BCUT2D eigenvalue weighted by molar-refractivity contribution is 7.11. The molecule has 130 valence electrons. The Labute approximate surface area is 149 Å². The van der Waals surface area contributed by atoms with Crippen LogP contribution in [-0.4, -0.2) is 33.6 Å². The zero-order chi connectivity index (χ0) is 18.0. The van der Waals surface area contributed by atoms with Gasteiger partial charge in [0.15, 0.2) is 0 Å². The third-order valence-electron chi connectivity index (χ3n) is 4.13. The summed E-state index contributed by atoms with van der Waals surface area (Å²) >= 11 is 1.61. The predicted octanol–water partition coefficient (Wildman–Crippen LogP) is 2.54. The Hall–Kier alpha value is -2.44. The van der Waals surface area contributed by atoms with Crippen molar-refractivity contribution in [1.29, 1.82) is 0 Å². The van der Waals surface area contributed by atoms with Gasteiger partial charge in [-0.15, -0.1) is 11.3 Å². The van der Waals surface area contributed by atoms with Gasteiger partial charge in [-0.2, -0.15) is 0 Å². The standard InChI is InChI=1S/C19H20N2O3S/c1-13-7-8-14(25-13)11-21(9-10-22)19(24)16-12-20(2)17-6-4-3-5-15(17)18(16)23/h3-8,12,22H,9-11H2,1-2H3. The minimum Gasteiger partial charge on any atom is -0.395 e. The Balaban J connectivity index is 2.01. The smallest absolute Gasteiger partial charge is 0.259 e. The second-order valence-corrected chi connectivity index (χ2v) is 7.34. The Kier molecular flexibility index (Phi) is 5.01. The molecule has 1 aromatic carbocycles. The van der Waals surface area contributed by atoms with E-state index in [-0.39, 0.29) is 30.1 Å². The Morgan fingerprint density at radius 1 is 1.24 bits per heavy atom. The average molecular weight is 356 g/mol. The van der Waals surface area contributed by atoms with Crippen LogP contribution in [0.1, 0.15) is 20.1 Å². The molecule has 0 aliphatic carbocycles. The van der Waals surface area contributed by atoms with E-state index in [1.807, 2.05) is 38.2 Å². The highest BCUT2D eigenvalue weighted by Gasteiger charge is 2.21. The third kappa shape index (κ3) is 3.50. The highest BCUT2D eigenvalue weighted by Crippen LogP contribution is 2.18. The first kappa shape index (κ1) is 17.4. The number of aryl methyl sites for hydroxylation is 2. The van der Waals surface area contributed by atoms with Gasteiger partial charge >= 0.3 is 0 Å². The lowest BCUT2D eigenvalue weighted by molar-refractivity contribution is 0.0708. The van der Waals surface area contributed by atoms with Crippen LogP contribution in [0.25, 0.3) is 10.9 Å². The topological polar surface area (TPSA) is 62.5 Å². The van der Waals surface area contributed by atoms with Crippen LogP contribution in [0.15, 0.2) is 47.4 Å². The van der Waals surface area contributed by atoms with E-state index in [0.717, 1.165) is 15.3 Å². The lowest BCUT2D eigenvalue weighted by Gasteiger charge is -2.21. The van der Waals surface area contributed by atoms with Crippen molar-refractivity contribution in [2.45, 2.75) is 13.5 Å². The molecule has 0 aliphatic rings. The summed E-state index contributed by atoms with van der Waals surface area (Å²) in [5, 5.41) is 9.86. The van der Waals surface area contributed by atoms with Crippen molar-refractivity contribution in [2.24, 2.45) is 7.05 Å². The summed E-state index contributed by atoms with van der Waals surface area (Å²) in [6.45, 7) is 2.43. The van der Waals surface area contributed by atoms with E-state index < -0.39 is 0 Å². The van der Waals surface area contributed by atoms with E-state index in [2.05, 4.69) is 0 Å². The molecule has 0 fully saturated rings. The number of para-hydroxylation sites is 1. The third-order valence-corrected chi connectivity index (χ3v) is 5.11. The average Bonchev–Trinajstić information content (AvgIpc) is 3.02. The first-order valence-electron chi connectivity index (χ1n) is 8.05. The van der Waals surface area contributed by atoms with E-state index in [1.165, 1.54) is 4.90 Å². The number of hydrogen-bond acceptors (Lipinski definition) is 4. The Bertz CT molecular complexity index is 974. The van der Waals surface area contributed by atoms with Crippen LogP contribution in [0.5, 0.6) is 0 Å². The summed E-state index contributed by atoms with van der Waals surface area (Å²) in [6.07, 6.45) is 1.58. The van der Waals surface area contributed by atoms with Crippen molar-refractivity contribution in [3.8, 4) is 0 Å². The zero-order valence-corrected chi connectivity index (χ0v) is 15.0. The van der Waals surface area contributed by atoms with Crippen LogP contribution in [0, 0.1) is 6.92 Å². The first-order valence-corrected chi connectivity index (χ1v) is 8.86. The number of thiophene rings is 1. The highest BCUT2D eigenvalue weighted by atomic mass is 32.1. The van der Waals surface area contributed by atoms with E-state index in [4.69, 9.17) is 0 Å². The molecule has 0 unspecified atom stereocenters. The van der Waals surface area contributed by atoms with Crippen molar-refractivity contribution >= 4 is 28.1 Å².